The van der Waals surface area contributed by atoms with Gasteiger partial charge in [-0.1, -0.05) is 62.2 Å². The molecule has 0 unspecified atom stereocenters. The molecule has 3 aliphatic rings. The third-order valence-electron chi connectivity index (χ3n) is 18.6. The summed E-state index contributed by atoms with van der Waals surface area (Å²) in [6.45, 7) is 5.87. The van der Waals surface area contributed by atoms with Crippen molar-refractivity contribution >= 4 is 111 Å². The summed E-state index contributed by atoms with van der Waals surface area (Å²) >= 11 is 6.68. The van der Waals surface area contributed by atoms with Crippen molar-refractivity contribution in [3.05, 3.63) is 149 Å². The molecule has 3 aromatic heterocycles. The molecule has 34 nitrogen and oxygen atoms in total. The number of pyridine rings is 1. The fourth-order valence-corrected chi connectivity index (χ4v) is 13.1. The molecule has 9 N–H and O–H groups in total. The van der Waals surface area contributed by atoms with Crippen LogP contribution in [0.15, 0.2) is 116 Å². The highest BCUT2D eigenvalue weighted by atomic mass is 35.5. The summed E-state index contributed by atoms with van der Waals surface area (Å²) in [6.07, 6.45) is 7.13. The number of halogens is 1. The predicted molar refractivity (Wildman–Crippen MR) is 395 cm³/mol. The van der Waals surface area contributed by atoms with E-state index in [0.717, 1.165) is 34.3 Å². The number of likely N-dealkylation sites (N-methyl/N-ethyl adjacent to an activating group) is 2. The van der Waals surface area contributed by atoms with Crippen LogP contribution in [0.25, 0.3) is 16.4 Å². The number of imidazole rings is 1. The monoisotopic (exact) mass is 1520 g/mol. The zero-order valence-electron chi connectivity index (χ0n) is 60.7. The number of anilines is 3. The lowest BCUT2D eigenvalue weighted by Gasteiger charge is -2.41. The van der Waals surface area contributed by atoms with Gasteiger partial charge in [-0.15, -0.1) is 16.7 Å². The standard InChI is InChI=1S/C74H87ClN16O18/c1-44(2)65(83-72(101)107-35-33-104-30-28-89-41-51(84-85-89)38-78-71(100)106-34-32-105-31-29-90-61(93)25-26-62(90)94)68(97)82-54(12-9-27-77-70(76)99)67(96)79-49-19-15-46(16-20-49)43-108-73(102)86(4)56-13-6-7-14-57(56)87(5)74(103)109-59-36-58-64(63-45(3)10-8-11-53(59)63)48(37-75)39-91(58)69(98)55-42-88-40-50(21-24-60(88)81-55)80-66(95)47-17-22-52(92)23-18-47/h8,10-11,15-26,36,40-42,44,48,54,56-57,65,92H,6-7,9,12-14,27-35,37-39,43H2,1-5H3,(H,78,100)(H,79,96)(H,80,95)(H,82,97)(H,83,101)(H3,76,77,99)/t48-,54+,56-,57+,65+/m1/s1. The normalized spacial score (nSPS) is 15.8. The Bertz CT molecular complexity index is 4500. The highest BCUT2D eigenvalue weighted by Gasteiger charge is 2.40. The Morgan fingerprint density at radius 2 is 1.41 bits per heavy atom. The molecule has 5 heterocycles. The molecule has 12 amide bonds. The Labute approximate surface area is 631 Å². The number of fused-ring (bicyclic) bond motifs is 4. The van der Waals surface area contributed by atoms with Crippen LogP contribution in [0.1, 0.15) is 102 Å². The Balaban J connectivity index is 0.677. The molecular weight excluding hydrogens is 1440 g/mol. The zero-order chi connectivity index (χ0) is 77.8. The number of nitrogens with two attached hydrogens (primary N) is 1. The molecule has 7 aromatic rings. The van der Waals surface area contributed by atoms with E-state index in [9.17, 15) is 57.8 Å². The molecule has 578 valence electrons. The molecule has 1 aliphatic carbocycles. The fourth-order valence-electron chi connectivity index (χ4n) is 12.9. The Hall–Kier alpha value is -11.9. The molecule has 0 bridgehead atoms. The molecule has 109 heavy (non-hydrogen) atoms. The number of carbonyl (C=O) groups is 11. The maximum absolute atomic E-state index is 14.7. The van der Waals surface area contributed by atoms with Crippen LogP contribution in [-0.2, 0) is 62.6 Å². The quantitative estimate of drug-likeness (QED) is 0.00902. The van der Waals surface area contributed by atoms with Crippen LogP contribution in [0.2, 0.25) is 0 Å². The predicted octanol–water partition coefficient (Wildman–Crippen LogP) is 6.85. The van der Waals surface area contributed by atoms with Gasteiger partial charge in [0.05, 0.1) is 75.7 Å². The second kappa shape index (κ2) is 37.6. The molecule has 1 fully saturated rings. The lowest BCUT2D eigenvalue weighted by molar-refractivity contribution is -0.137. The number of primary amides is 1. The first-order chi connectivity index (χ1) is 52.4. The van der Waals surface area contributed by atoms with E-state index in [1.165, 1.54) is 50.9 Å². The van der Waals surface area contributed by atoms with Crippen LogP contribution < -0.4 is 47.3 Å². The number of nitrogens with one attached hydrogen (secondary N) is 6. The third-order valence-corrected chi connectivity index (χ3v) is 18.9. The number of urea groups is 1. The highest BCUT2D eigenvalue weighted by Crippen LogP contribution is 2.47. The molecule has 2 aliphatic heterocycles. The van der Waals surface area contributed by atoms with Crippen molar-refractivity contribution in [3.63, 3.8) is 0 Å². The molecule has 1 saturated carbocycles. The van der Waals surface area contributed by atoms with Gasteiger partial charge in [0.1, 0.15) is 60.4 Å². The average molecular weight is 1520 g/mol. The van der Waals surface area contributed by atoms with Crippen LogP contribution in [0, 0.1) is 12.8 Å². The number of ether oxygens (including phenoxy) is 6. The number of amides is 12. The van der Waals surface area contributed by atoms with Gasteiger partial charge in [-0.05, 0) is 109 Å². The van der Waals surface area contributed by atoms with Gasteiger partial charge in [-0.3, -0.25) is 33.7 Å². The van der Waals surface area contributed by atoms with Crippen LogP contribution in [-0.4, -0.2) is 213 Å². The van der Waals surface area contributed by atoms with Crippen molar-refractivity contribution in [3.8, 4) is 11.5 Å². The molecule has 35 heteroatoms. The lowest BCUT2D eigenvalue weighted by atomic mass is 9.88. The number of phenolic OH excluding ortho intramolecular Hbond substituents is 1. The zero-order valence-corrected chi connectivity index (χ0v) is 61.5. The van der Waals surface area contributed by atoms with Gasteiger partial charge in [0.2, 0.25) is 11.8 Å². The number of alkyl carbamates (subject to hydrolysis) is 2. The molecule has 5 atom stereocenters. The minimum atomic E-state index is -1.16. The summed E-state index contributed by atoms with van der Waals surface area (Å²) in [5.41, 5.74) is 10.2. The van der Waals surface area contributed by atoms with Gasteiger partial charge >= 0.3 is 30.4 Å². The van der Waals surface area contributed by atoms with Crippen molar-refractivity contribution in [2.24, 2.45) is 11.7 Å². The summed E-state index contributed by atoms with van der Waals surface area (Å²) in [5.74, 6) is -3.29. The topological polar surface area (TPSA) is 423 Å². The van der Waals surface area contributed by atoms with Crippen molar-refractivity contribution < 1.29 is 86.3 Å². The van der Waals surface area contributed by atoms with E-state index in [1.54, 1.807) is 98.3 Å². The number of nitrogens with zero attached hydrogens (tertiary/aromatic N) is 9. The van der Waals surface area contributed by atoms with E-state index in [1.807, 2.05) is 25.1 Å². The highest BCUT2D eigenvalue weighted by molar-refractivity contribution is 6.19. The van der Waals surface area contributed by atoms with E-state index in [0.29, 0.717) is 57.8 Å². The third kappa shape index (κ3) is 21.0. The number of alkyl halides is 1. The number of rotatable bonds is 33. The molecule has 0 radical (unpaired) electrons. The summed E-state index contributed by atoms with van der Waals surface area (Å²) in [7, 11) is 3.24. The summed E-state index contributed by atoms with van der Waals surface area (Å²) in [4.78, 5) is 154. The Morgan fingerprint density at radius 1 is 0.734 bits per heavy atom. The van der Waals surface area contributed by atoms with Crippen molar-refractivity contribution in [1.82, 2.24) is 60.3 Å². The number of aromatic nitrogens is 5. The maximum atomic E-state index is 14.7. The number of imide groups is 1. The minimum Gasteiger partial charge on any atom is -0.508 e. The molecular formula is C74H87ClN16O18. The minimum absolute atomic E-state index is 0.0131. The smallest absolute Gasteiger partial charge is 0.415 e. The van der Waals surface area contributed by atoms with Crippen molar-refractivity contribution in [2.75, 3.05) is 94.8 Å². The summed E-state index contributed by atoms with van der Waals surface area (Å²) < 4.78 is 36.6. The number of aromatic hydroxyl groups is 1. The number of aryl methyl sites for hydroxylation is 1. The number of hydrogen-bond donors (Lipinski definition) is 8. The number of phenols is 1. The van der Waals surface area contributed by atoms with Gasteiger partial charge in [0.15, 0.2) is 0 Å². The molecule has 4 aromatic carbocycles. The molecule has 0 saturated heterocycles. The fraction of sp³-hybridized carbons (Fsp3) is 0.405. The molecule has 10 rings (SSSR count). The SMILES string of the molecule is Cc1cccc2c(OC(=O)N(C)[C@H]3CCCC[C@H]3N(C)C(=O)OCc3ccc(NC(=O)[C@H](CCCNC(N)=O)NC(=O)[C@@H](NC(=O)OCCOCCn4cc(CNC(=O)OCCOCCN5C(=O)C=CC5=O)nn4)C(C)C)cc3)cc3c(c12)[C@H](CCl)CN3C(=O)c1cn2cc(NC(=O)c3ccc(O)cc3)ccc2n1. The van der Waals surface area contributed by atoms with Gasteiger partial charge in [0, 0.05) is 86.2 Å². The Morgan fingerprint density at radius 3 is 2.10 bits per heavy atom. The molecule has 0 spiro atoms. The Kier molecular flexibility index (Phi) is 27.4. The van der Waals surface area contributed by atoms with Crippen molar-refractivity contribution in [2.45, 2.75) is 109 Å². The first-order valence-electron chi connectivity index (χ1n) is 35.5. The van der Waals surface area contributed by atoms with Gasteiger partial charge < -0.3 is 90.3 Å². The van der Waals surface area contributed by atoms with Crippen molar-refractivity contribution in [1.29, 1.82) is 0 Å². The summed E-state index contributed by atoms with van der Waals surface area (Å²) in [5, 5.41) is 35.0. The number of carbonyl (C=O) groups excluding carboxylic acids is 11. The average Bonchev–Trinajstić information content (AvgIpc) is 1.61. The lowest BCUT2D eigenvalue weighted by Crippen LogP contribution is -2.54. The second-order valence-electron chi connectivity index (χ2n) is 26.5. The van der Waals surface area contributed by atoms with Crippen LogP contribution in [0.5, 0.6) is 11.5 Å². The van der Waals surface area contributed by atoms with E-state index >= 15 is 0 Å². The van der Waals surface area contributed by atoms with Crippen LogP contribution in [0.3, 0.4) is 0 Å². The van der Waals surface area contributed by atoms with Gasteiger partial charge in [0.25, 0.3) is 23.6 Å². The number of hydrogen-bond acceptors (Lipinski definition) is 21. The maximum Gasteiger partial charge on any atom is 0.415 e. The van der Waals surface area contributed by atoms with Crippen LogP contribution >= 0.6 is 11.6 Å². The summed E-state index contributed by atoms with van der Waals surface area (Å²) in [6, 6.07) is 19.0. The van der Waals surface area contributed by atoms with Gasteiger partial charge in [-0.2, -0.15) is 0 Å². The van der Waals surface area contributed by atoms with E-state index in [2.05, 4.69) is 47.2 Å². The van der Waals surface area contributed by atoms with Gasteiger partial charge in [-0.25, -0.2) is 33.6 Å². The largest absolute Gasteiger partial charge is 0.508 e. The van der Waals surface area contributed by atoms with Crippen LogP contribution in [0.4, 0.5) is 41.0 Å². The van der Waals surface area contributed by atoms with E-state index < -0.39 is 95.9 Å². The number of benzene rings is 4. The first-order valence-corrected chi connectivity index (χ1v) is 36.0. The van der Waals surface area contributed by atoms with E-state index in [-0.39, 0.29) is 121 Å². The second-order valence-corrected chi connectivity index (χ2v) is 26.8. The van der Waals surface area contributed by atoms with E-state index in [4.69, 9.17) is 45.8 Å². The first kappa shape index (κ1) is 79.6.